The second-order valence-corrected chi connectivity index (χ2v) is 9.64. The molecular weight excluding hydrogens is 450 g/mol. The average molecular weight is 498 g/mol. The number of aliphatic hydroxyl groups excluding tert-OH is 1. The Balaban J connectivity index is 1.81. The monoisotopic (exact) mass is 497 g/mol. The molecule has 5 nitrogen and oxygen atoms in total. The highest BCUT2D eigenvalue weighted by molar-refractivity contribution is 5.91. The molecule has 0 aromatic heterocycles. The number of anilines is 1. The maximum absolute atomic E-state index is 12.5. The highest BCUT2D eigenvalue weighted by atomic mass is 16.5. The summed E-state index contributed by atoms with van der Waals surface area (Å²) in [7, 11) is 1.65. The molecule has 5 heteroatoms. The lowest BCUT2D eigenvalue weighted by molar-refractivity contribution is -0.116. The Morgan fingerprint density at radius 3 is 2.08 bits per heavy atom. The Hall–Kier alpha value is -2.53. The van der Waals surface area contributed by atoms with Crippen LogP contribution in [0, 0.1) is 0 Å². The van der Waals surface area contributed by atoms with Crippen LogP contribution in [0.1, 0.15) is 102 Å². The molecule has 0 bridgehead atoms. The minimum atomic E-state index is -0.0622. The van der Waals surface area contributed by atoms with Crippen molar-refractivity contribution in [3.05, 3.63) is 53.6 Å². The first kappa shape index (κ1) is 29.7. The molecule has 2 rings (SSSR count). The lowest BCUT2D eigenvalue weighted by Gasteiger charge is -2.23. The van der Waals surface area contributed by atoms with Crippen molar-refractivity contribution in [3.8, 4) is 11.5 Å². The van der Waals surface area contributed by atoms with E-state index in [0.29, 0.717) is 13.2 Å². The molecule has 0 fully saturated rings. The van der Waals surface area contributed by atoms with E-state index in [4.69, 9.17) is 9.47 Å². The van der Waals surface area contributed by atoms with Crippen molar-refractivity contribution in [3.63, 3.8) is 0 Å². The third-order valence-electron chi connectivity index (χ3n) is 6.64. The third-order valence-corrected chi connectivity index (χ3v) is 6.64. The molecule has 0 spiro atoms. The number of hydrogen-bond acceptors (Lipinski definition) is 4. The molecule has 0 aliphatic carbocycles. The van der Waals surface area contributed by atoms with E-state index in [2.05, 4.69) is 6.92 Å². The van der Waals surface area contributed by atoms with Gasteiger partial charge in [0.05, 0.1) is 26.9 Å². The van der Waals surface area contributed by atoms with Crippen LogP contribution in [0.2, 0.25) is 0 Å². The van der Waals surface area contributed by atoms with Gasteiger partial charge in [0.2, 0.25) is 5.91 Å². The summed E-state index contributed by atoms with van der Waals surface area (Å²) in [4.78, 5) is 14.2. The second kappa shape index (κ2) is 17.8. The van der Waals surface area contributed by atoms with Crippen molar-refractivity contribution in [2.45, 2.75) is 104 Å². The summed E-state index contributed by atoms with van der Waals surface area (Å²) in [5.41, 5.74) is 2.47. The molecule has 0 saturated carbocycles. The molecule has 1 N–H and O–H groups in total. The number of nitrogens with zero attached hydrogens (tertiary/aromatic N) is 1. The number of carbonyl (C=O) groups is 1. The zero-order valence-electron chi connectivity index (χ0n) is 22.8. The van der Waals surface area contributed by atoms with Crippen LogP contribution in [-0.4, -0.2) is 24.7 Å². The van der Waals surface area contributed by atoms with Gasteiger partial charge in [-0.25, -0.2) is 0 Å². The molecule has 36 heavy (non-hydrogen) atoms. The Morgan fingerprint density at radius 1 is 0.861 bits per heavy atom. The molecule has 0 radical (unpaired) electrons. The van der Waals surface area contributed by atoms with Crippen molar-refractivity contribution < 1.29 is 19.4 Å². The van der Waals surface area contributed by atoms with Gasteiger partial charge < -0.3 is 19.5 Å². The molecule has 0 atom stereocenters. The first-order chi connectivity index (χ1) is 17.6. The fourth-order valence-electron chi connectivity index (χ4n) is 4.43. The normalized spacial score (nSPS) is 10.9. The molecule has 0 unspecified atom stereocenters. The lowest BCUT2D eigenvalue weighted by Crippen LogP contribution is -2.28. The smallest absolute Gasteiger partial charge is 0.224 e. The minimum absolute atomic E-state index is 0.0600. The second-order valence-electron chi connectivity index (χ2n) is 9.64. The fraction of sp³-hybridized carbons (Fsp3) is 0.581. The van der Waals surface area contributed by atoms with Crippen molar-refractivity contribution in [2.24, 2.45) is 0 Å². The Bertz CT molecular complexity index is 883. The van der Waals surface area contributed by atoms with Crippen LogP contribution in [0.15, 0.2) is 42.5 Å². The maximum Gasteiger partial charge on any atom is 0.224 e. The van der Waals surface area contributed by atoms with Gasteiger partial charge in [0.1, 0.15) is 11.5 Å². The molecule has 2 aromatic carbocycles. The van der Waals surface area contributed by atoms with Crippen LogP contribution in [0.5, 0.6) is 11.5 Å². The lowest BCUT2D eigenvalue weighted by atomic mass is 10.1. The zero-order valence-corrected chi connectivity index (χ0v) is 22.8. The van der Waals surface area contributed by atoms with Gasteiger partial charge in [0.15, 0.2) is 0 Å². The van der Waals surface area contributed by atoms with E-state index in [1.54, 1.807) is 18.9 Å². The fourth-order valence-corrected chi connectivity index (χ4v) is 4.43. The van der Waals surface area contributed by atoms with Crippen molar-refractivity contribution in [1.29, 1.82) is 0 Å². The number of methoxy groups -OCH3 is 1. The summed E-state index contributed by atoms with van der Waals surface area (Å²) in [5, 5.41) is 9.49. The van der Waals surface area contributed by atoms with Crippen molar-refractivity contribution in [1.82, 2.24) is 0 Å². The molecular formula is C31H47NO4. The van der Waals surface area contributed by atoms with Gasteiger partial charge >= 0.3 is 0 Å². The molecule has 0 aliphatic rings. The molecule has 200 valence electrons. The molecule has 1 amide bonds. The van der Waals surface area contributed by atoms with E-state index in [1.165, 1.54) is 70.6 Å². The summed E-state index contributed by atoms with van der Waals surface area (Å²) in [6.45, 7) is 4.81. The van der Waals surface area contributed by atoms with Crippen molar-refractivity contribution >= 4 is 11.6 Å². The number of unbranched alkanes of at least 4 members (excludes halogenated alkanes) is 11. The van der Waals surface area contributed by atoms with Gasteiger partial charge in [-0.2, -0.15) is 0 Å². The minimum Gasteiger partial charge on any atom is -0.497 e. The van der Waals surface area contributed by atoms with Crippen LogP contribution < -0.4 is 14.4 Å². The number of benzene rings is 2. The molecule has 0 heterocycles. The van der Waals surface area contributed by atoms with Crippen LogP contribution in [0.25, 0.3) is 0 Å². The number of ether oxygens (including phenoxy) is 2. The third kappa shape index (κ3) is 11.0. The van der Waals surface area contributed by atoms with E-state index < -0.39 is 0 Å². The molecule has 0 saturated heterocycles. The maximum atomic E-state index is 12.5. The summed E-state index contributed by atoms with van der Waals surface area (Å²) in [6, 6.07) is 13.2. The SMILES string of the molecule is CCCCCCCCCCCCCCOc1cc(OC)ccc1CN(C(C)=O)c1cccc(CO)c1. The van der Waals surface area contributed by atoms with Gasteiger partial charge in [0.25, 0.3) is 0 Å². The van der Waals surface area contributed by atoms with E-state index in [0.717, 1.165) is 34.7 Å². The number of aliphatic hydroxyl groups is 1. The van der Waals surface area contributed by atoms with Gasteiger partial charge in [0, 0.05) is 24.2 Å². The molecule has 0 aliphatic heterocycles. The number of carbonyl (C=O) groups excluding carboxylic acids is 1. The van der Waals surface area contributed by atoms with Crippen LogP contribution in [0.3, 0.4) is 0 Å². The summed E-state index contributed by atoms with van der Waals surface area (Å²) >= 11 is 0. The number of amides is 1. The topological polar surface area (TPSA) is 59.0 Å². The predicted molar refractivity (Wildman–Crippen MR) is 149 cm³/mol. The van der Waals surface area contributed by atoms with Crippen LogP contribution in [0.4, 0.5) is 5.69 Å². The zero-order chi connectivity index (χ0) is 26.0. The highest BCUT2D eigenvalue weighted by Crippen LogP contribution is 2.29. The van der Waals surface area contributed by atoms with Crippen molar-refractivity contribution in [2.75, 3.05) is 18.6 Å². The van der Waals surface area contributed by atoms with E-state index >= 15 is 0 Å². The average Bonchev–Trinajstić information content (AvgIpc) is 2.90. The van der Waals surface area contributed by atoms with Crippen LogP contribution >= 0.6 is 0 Å². The van der Waals surface area contributed by atoms with E-state index in [-0.39, 0.29) is 12.5 Å². The highest BCUT2D eigenvalue weighted by Gasteiger charge is 2.16. The van der Waals surface area contributed by atoms with Gasteiger partial charge in [-0.3, -0.25) is 4.79 Å². The molecule has 2 aromatic rings. The Kier molecular flexibility index (Phi) is 14.7. The standard InChI is InChI=1S/C31H47NO4/c1-4-5-6-7-8-9-10-11-12-13-14-15-21-36-31-23-30(35-3)20-19-28(31)24-32(26(2)34)29-18-16-17-27(22-29)25-33/h16-20,22-23,33H,4-15,21,24-25H2,1-3H3. The number of hydrogen-bond donors (Lipinski definition) is 1. The predicted octanol–water partition coefficient (Wildman–Crippen LogP) is 7.82. The quantitative estimate of drug-likeness (QED) is 0.201. The summed E-state index contributed by atoms with van der Waals surface area (Å²) in [6.07, 6.45) is 15.7. The Labute approximate surface area is 218 Å². The Morgan fingerprint density at radius 2 is 1.50 bits per heavy atom. The van der Waals surface area contributed by atoms with Gasteiger partial charge in [-0.15, -0.1) is 0 Å². The summed E-state index contributed by atoms with van der Waals surface area (Å²) < 4.78 is 11.6. The van der Waals surface area contributed by atoms with Gasteiger partial charge in [-0.05, 0) is 36.2 Å². The van der Waals surface area contributed by atoms with Gasteiger partial charge in [-0.1, -0.05) is 89.7 Å². The summed E-state index contributed by atoms with van der Waals surface area (Å²) in [5.74, 6) is 1.43. The largest absolute Gasteiger partial charge is 0.497 e. The van der Waals surface area contributed by atoms with Crippen LogP contribution in [-0.2, 0) is 17.9 Å². The first-order valence-electron chi connectivity index (χ1n) is 13.9. The number of rotatable bonds is 19. The van der Waals surface area contributed by atoms with E-state index in [1.807, 2.05) is 42.5 Å². The first-order valence-corrected chi connectivity index (χ1v) is 13.9. The van der Waals surface area contributed by atoms with E-state index in [9.17, 15) is 9.90 Å².